The Morgan fingerprint density at radius 1 is 0.825 bits per heavy atom. The molecular formula is C33H28F3NOS2. The highest BCUT2D eigenvalue weighted by atomic mass is 32.2. The number of phenolic OH excluding ortho intramolecular Hbond substituents is 1. The third-order valence-electron chi connectivity index (χ3n) is 6.77. The van der Waals surface area contributed by atoms with E-state index in [9.17, 15) is 18.3 Å². The van der Waals surface area contributed by atoms with E-state index in [4.69, 9.17) is 4.98 Å². The Bertz CT molecular complexity index is 1620. The Morgan fingerprint density at radius 2 is 1.52 bits per heavy atom. The lowest BCUT2D eigenvalue weighted by Crippen LogP contribution is -2.04. The highest BCUT2D eigenvalue weighted by Crippen LogP contribution is 2.44. The third-order valence-corrected chi connectivity index (χ3v) is 9.45. The summed E-state index contributed by atoms with van der Waals surface area (Å²) >= 11 is 3.41. The van der Waals surface area contributed by atoms with Crippen LogP contribution in [0.1, 0.15) is 38.1 Å². The van der Waals surface area contributed by atoms with Crippen LogP contribution < -0.4 is 0 Å². The summed E-state index contributed by atoms with van der Waals surface area (Å²) in [6.45, 7) is 5.98. The third kappa shape index (κ3) is 6.43. The Kier molecular flexibility index (Phi) is 8.06. The number of nitrogens with zero attached hydrogens (tertiary/aromatic N) is 1. The topological polar surface area (TPSA) is 33.1 Å². The van der Waals surface area contributed by atoms with E-state index >= 15 is 0 Å². The number of benzene rings is 4. The predicted molar refractivity (Wildman–Crippen MR) is 159 cm³/mol. The molecule has 0 saturated carbocycles. The molecule has 0 fully saturated rings. The molecule has 7 heteroatoms. The fraction of sp³-hybridized carbons (Fsp3) is 0.182. The first kappa shape index (κ1) is 28.0. The minimum absolute atomic E-state index is 0.0556. The van der Waals surface area contributed by atoms with E-state index in [0.29, 0.717) is 12.0 Å². The second-order valence-corrected chi connectivity index (χ2v) is 12.2. The highest BCUT2D eigenvalue weighted by molar-refractivity contribution is 7.99. The van der Waals surface area contributed by atoms with E-state index in [1.165, 1.54) is 22.6 Å². The average Bonchev–Trinajstić information content (AvgIpc) is 3.32. The van der Waals surface area contributed by atoms with Crippen LogP contribution in [-0.2, 0) is 12.6 Å². The molecule has 2 nitrogen and oxygen atoms in total. The van der Waals surface area contributed by atoms with Crippen molar-refractivity contribution in [2.24, 2.45) is 0 Å². The highest BCUT2D eigenvalue weighted by Gasteiger charge is 2.30. The molecule has 0 spiro atoms. The summed E-state index contributed by atoms with van der Waals surface area (Å²) in [6, 6.07) is 27.1. The van der Waals surface area contributed by atoms with Crippen molar-refractivity contribution in [3.8, 4) is 27.4 Å². The van der Waals surface area contributed by atoms with Crippen molar-refractivity contribution >= 4 is 23.1 Å². The zero-order valence-corrected chi connectivity index (χ0v) is 23.9. The maximum atomic E-state index is 13.2. The standard InChI is InChI=1S/C33H28F3NOS2/c1-20-7-11-25(12-8-20)32-37-22(3)31(40-32)30(39-28-15-16-29(38)21(2)17-28)18-23-9-13-24(14-10-23)26-5-4-6-27(19-26)33(34,35)36/h4-17,19,30,38H,18H2,1-3H3. The summed E-state index contributed by atoms with van der Waals surface area (Å²) in [5.41, 5.74) is 5.77. The molecule has 204 valence electrons. The van der Waals surface area contributed by atoms with Crippen LogP contribution >= 0.6 is 23.1 Å². The fourth-order valence-electron chi connectivity index (χ4n) is 4.50. The van der Waals surface area contributed by atoms with Crippen LogP contribution in [0.2, 0.25) is 0 Å². The van der Waals surface area contributed by atoms with Gasteiger partial charge in [0.15, 0.2) is 0 Å². The van der Waals surface area contributed by atoms with Gasteiger partial charge in [-0.25, -0.2) is 4.98 Å². The summed E-state index contributed by atoms with van der Waals surface area (Å²) < 4.78 is 39.7. The summed E-state index contributed by atoms with van der Waals surface area (Å²) in [5.74, 6) is 0.265. The van der Waals surface area contributed by atoms with Gasteiger partial charge in [-0.05, 0) is 79.8 Å². The SMILES string of the molecule is Cc1ccc(-c2nc(C)c(C(Cc3ccc(-c4cccc(C(F)(F)F)c4)cc3)Sc3ccc(O)c(C)c3)s2)cc1. The number of hydrogen-bond acceptors (Lipinski definition) is 4. The van der Waals surface area contributed by atoms with Crippen LogP contribution in [0, 0.1) is 20.8 Å². The van der Waals surface area contributed by atoms with Crippen molar-refractivity contribution < 1.29 is 18.3 Å². The molecule has 0 amide bonds. The van der Waals surface area contributed by atoms with E-state index in [2.05, 4.69) is 31.2 Å². The molecule has 1 aromatic heterocycles. The average molecular weight is 576 g/mol. The van der Waals surface area contributed by atoms with E-state index in [1.807, 2.05) is 50.2 Å². The lowest BCUT2D eigenvalue weighted by atomic mass is 10.00. The van der Waals surface area contributed by atoms with Gasteiger partial charge in [-0.1, -0.05) is 66.2 Å². The molecule has 0 aliphatic carbocycles. The number of aromatic nitrogens is 1. The van der Waals surface area contributed by atoms with Crippen LogP contribution in [0.25, 0.3) is 21.7 Å². The Morgan fingerprint density at radius 3 is 2.20 bits per heavy atom. The van der Waals surface area contributed by atoms with Gasteiger partial charge < -0.3 is 5.11 Å². The number of thiazole rings is 1. The van der Waals surface area contributed by atoms with Gasteiger partial charge in [-0.2, -0.15) is 13.2 Å². The first-order valence-electron chi connectivity index (χ1n) is 12.8. The maximum Gasteiger partial charge on any atom is 0.416 e. The number of aryl methyl sites for hydroxylation is 3. The van der Waals surface area contributed by atoms with Gasteiger partial charge >= 0.3 is 6.18 Å². The van der Waals surface area contributed by atoms with Crippen molar-refractivity contribution in [1.29, 1.82) is 0 Å². The van der Waals surface area contributed by atoms with Gasteiger partial charge in [0.2, 0.25) is 0 Å². The van der Waals surface area contributed by atoms with Gasteiger partial charge in [-0.15, -0.1) is 23.1 Å². The molecule has 0 aliphatic heterocycles. The zero-order valence-electron chi connectivity index (χ0n) is 22.3. The van der Waals surface area contributed by atoms with Gasteiger partial charge in [-0.3, -0.25) is 0 Å². The first-order valence-corrected chi connectivity index (χ1v) is 14.5. The number of phenols is 1. The molecule has 0 bridgehead atoms. The Balaban J connectivity index is 1.45. The molecule has 0 radical (unpaired) electrons. The second kappa shape index (κ2) is 11.5. The molecule has 0 saturated heterocycles. The number of thioether (sulfide) groups is 1. The summed E-state index contributed by atoms with van der Waals surface area (Å²) in [5, 5.41) is 11.1. The van der Waals surface area contributed by atoms with Crippen LogP contribution in [0.15, 0.2) is 95.9 Å². The van der Waals surface area contributed by atoms with E-state index < -0.39 is 11.7 Å². The van der Waals surface area contributed by atoms with Gasteiger partial charge in [0.25, 0.3) is 0 Å². The number of rotatable bonds is 7. The molecule has 5 aromatic rings. The molecule has 1 atom stereocenters. The van der Waals surface area contributed by atoms with Crippen molar-refractivity contribution in [2.45, 2.75) is 43.5 Å². The number of hydrogen-bond donors (Lipinski definition) is 1. The minimum atomic E-state index is -4.38. The smallest absolute Gasteiger partial charge is 0.416 e. The lowest BCUT2D eigenvalue weighted by molar-refractivity contribution is -0.137. The van der Waals surface area contributed by atoms with Gasteiger partial charge in [0, 0.05) is 20.6 Å². The number of aromatic hydroxyl groups is 1. The van der Waals surface area contributed by atoms with Crippen molar-refractivity contribution in [3.63, 3.8) is 0 Å². The Labute approximate surface area is 240 Å². The monoisotopic (exact) mass is 575 g/mol. The fourth-order valence-corrected chi connectivity index (χ4v) is 7.12. The molecule has 1 unspecified atom stereocenters. The normalized spacial score (nSPS) is 12.4. The van der Waals surface area contributed by atoms with Crippen molar-refractivity contribution in [3.05, 3.63) is 124 Å². The van der Waals surface area contributed by atoms with Crippen molar-refractivity contribution in [1.82, 2.24) is 4.98 Å². The zero-order chi connectivity index (χ0) is 28.4. The largest absolute Gasteiger partial charge is 0.508 e. The molecular weight excluding hydrogens is 547 g/mol. The summed E-state index contributed by atoms with van der Waals surface area (Å²) in [4.78, 5) is 7.12. The van der Waals surface area contributed by atoms with E-state index in [-0.39, 0.29) is 11.0 Å². The van der Waals surface area contributed by atoms with Crippen molar-refractivity contribution in [2.75, 3.05) is 0 Å². The predicted octanol–water partition coefficient (Wildman–Crippen LogP) is 10.2. The molecule has 5 rings (SSSR count). The molecule has 0 aliphatic rings. The van der Waals surface area contributed by atoms with Gasteiger partial charge in [0.05, 0.1) is 11.3 Å². The van der Waals surface area contributed by atoms with E-state index in [0.717, 1.165) is 43.9 Å². The van der Waals surface area contributed by atoms with E-state index in [1.54, 1.807) is 35.2 Å². The molecule has 1 heterocycles. The number of halogens is 3. The van der Waals surface area contributed by atoms with Crippen LogP contribution in [0.4, 0.5) is 13.2 Å². The van der Waals surface area contributed by atoms with Crippen LogP contribution in [0.3, 0.4) is 0 Å². The lowest BCUT2D eigenvalue weighted by Gasteiger charge is -2.17. The Hall–Kier alpha value is -3.55. The van der Waals surface area contributed by atoms with Crippen LogP contribution in [-0.4, -0.2) is 10.1 Å². The van der Waals surface area contributed by atoms with Crippen LogP contribution in [0.5, 0.6) is 5.75 Å². The molecule has 4 aromatic carbocycles. The summed E-state index contributed by atoms with van der Waals surface area (Å²) in [6.07, 6.45) is -3.67. The quantitative estimate of drug-likeness (QED) is 0.196. The van der Waals surface area contributed by atoms with Gasteiger partial charge in [0.1, 0.15) is 10.8 Å². The maximum absolute atomic E-state index is 13.2. The number of alkyl halides is 3. The summed E-state index contributed by atoms with van der Waals surface area (Å²) in [7, 11) is 0. The minimum Gasteiger partial charge on any atom is -0.508 e. The second-order valence-electron chi connectivity index (χ2n) is 9.87. The molecule has 40 heavy (non-hydrogen) atoms. The first-order chi connectivity index (χ1) is 19.1. The molecule has 1 N–H and O–H groups in total.